The van der Waals surface area contributed by atoms with Crippen LogP contribution in [0.25, 0.3) is 11.2 Å². The van der Waals surface area contributed by atoms with Gasteiger partial charge in [-0.1, -0.05) is 13.8 Å². The van der Waals surface area contributed by atoms with Gasteiger partial charge in [0.25, 0.3) is 5.56 Å². The predicted octanol–water partition coefficient (Wildman–Crippen LogP) is -0.281. The summed E-state index contributed by atoms with van der Waals surface area (Å²) in [4.78, 5) is 42.0. The van der Waals surface area contributed by atoms with E-state index in [1.165, 1.54) is 13.4 Å². The number of nitrogens with zero attached hydrogens (tertiary/aromatic N) is 3. The average Bonchev–Trinajstić information content (AvgIpc) is 2.74. The van der Waals surface area contributed by atoms with E-state index in [9.17, 15) is 14.4 Å². The highest BCUT2D eigenvalue weighted by Crippen LogP contribution is 2.04. The van der Waals surface area contributed by atoms with Gasteiger partial charge in [0.15, 0.2) is 5.65 Å². The zero-order chi connectivity index (χ0) is 12.7. The van der Waals surface area contributed by atoms with Crippen molar-refractivity contribution in [1.29, 1.82) is 0 Å². The zero-order valence-corrected chi connectivity index (χ0v) is 9.72. The van der Waals surface area contributed by atoms with Crippen LogP contribution >= 0.6 is 0 Å². The second-order valence-corrected chi connectivity index (χ2v) is 4.08. The van der Waals surface area contributed by atoms with Gasteiger partial charge in [-0.3, -0.25) is 14.2 Å². The number of imidazole rings is 1. The van der Waals surface area contributed by atoms with E-state index in [0.29, 0.717) is 0 Å². The maximum absolute atomic E-state index is 11.9. The second kappa shape index (κ2) is 3.69. The molecule has 0 aromatic carbocycles. The van der Waals surface area contributed by atoms with Crippen molar-refractivity contribution in [2.75, 3.05) is 0 Å². The fraction of sp³-hybridized carbons (Fsp3) is 0.400. The molecule has 0 atom stereocenters. The van der Waals surface area contributed by atoms with Gasteiger partial charge in [-0.15, -0.1) is 0 Å². The maximum atomic E-state index is 11.9. The van der Waals surface area contributed by atoms with Gasteiger partial charge in [-0.2, -0.15) is 0 Å². The Kier molecular flexibility index (Phi) is 2.45. The lowest BCUT2D eigenvalue weighted by molar-refractivity contribution is 0.0852. The fourth-order valence-electron chi connectivity index (χ4n) is 1.57. The Morgan fingerprint density at radius 3 is 2.65 bits per heavy atom. The smallest absolute Gasteiger partial charge is 0.339 e. The summed E-state index contributed by atoms with van der Waals surface area (Å²) < 4.78 is 1.82. The Hall–Kier alpha value is -2.18. The van der Waals surface area contributed by atoms with Crippen LogP contribution in [0.15, 0.2) is 15.9 Å². The fourth-order valence-corrected chi connectivity index (χ4v) is 1.57. The molecule has 0 spiro atoms. The molecule has 0 radical (unpaired) electrons. The number of carbonyl (C=O) groups is 1. The number of hydrogen-bond acceptors (Lipinski definition) is 4. The molecule has 0 saturated carbocycles. The summed E-state index contributed by atoms with van der Waals surface area (Å²) in [5.74, 6) is -0.743. The van der Waals surface area contributed by atoms with Gasteiger partial charge >= 0.3 is 5.69 Å². The molecule has 2 rings (SSSR count). The normalized spacial score (nSPS) is 11.3. The van der Waals surface area contributed by atoms with E-state index in [-0.39, 0.29) is 23.0 Å². The lowest BCUT2D eigenvalue weighted by Gasteiger charge is -2.09. The first-order valence-electron chi connectivity index (χ1n) is 5.14. The Morgan fingerprint density at radius 2 is 2.06 bits per heavy atom. The van der Waals surface area contributed by atoms with E-state index in [0.717, 1.165) is 9.13 Å². The molecule has 1 N–H and O–H groups in total. The SMILES string of the molecule is CC(C)C(=O)n1c(=O)n(C)c(=O)c2[nH]cnc21. The lowest BCUT2D eigenvalue weighted by Crippen LogP contribution is -2.42. The van der Waals surface area contributed by atoms with Gasteiger partial charge in [0, 0.05) is 13.0 Å². The van der Waals surface area contributed by atoms with Crippen LogP contribution in [0.3, 0.4) is 0 Å². The number of nitrogens with one attached hydrogen (secondary N) is 1. The largest absolute Gasteiger partial charge is 0.339 e. The minimum Gasteiger partial charge on any atom is -0.339 e. The van der Waals surface area contributed by atoms with Crippen LogP contribution in [0, 0.1) is 5.92 Å². The van der Waals surface area contributed by atoms with E-state index in [1.54, 1.807) is 13.8 Å². The van der Waals surface area contributed by atoms with Gasteiger partial charge in [-0.25, -0.2) is 14.3 Å². The number of H-pyrrole nitrogens is 1. The summed E-state index contributed by atoms with van der Waals surface area (Å²) in [6.07, 6.45) is 1.29. The number of aromatic amines is 1. The van der Waals surface area contributed by atoms with E-state index in [1.807, 2.05) is 0 Å². The molecule has 0 bridgehead atoms. The highest BCUT2D eigenvalue weighted by atomic mass is 16.2. The van der Waals surface area contributed by atoms with Crippen molar-refractivity contribution < 1.29 is 4.79 Å². The lowest BCUT2D eigenvalue weighted by atomic mass is 10.2. The summed E-state index contributed by atoms with van der Waals surface area (Å²) in [7, 11) is 1.33. The van der Waals surface area contributed by atoms with Crippen LogP contribution in [0.5, 0.6) is 0 Å². The number of rotatable bonds is 1. The highest BCUT2D eigenvalue weighted by Gasteiger charge is 2.20. The minimum atomic E-state index is -0.673. The molecule has 7 nitrogen and oxygen atoms in total. The Labute approximate surface area is 95.7 Å². The van der Waals surface area contributed by atoms with Gasteiger partial charge < -0.3 is 4.98 Å². The first-order chi connectivity index (χ1) is 7.95. The Balaban J connectivity index is 2.97. The van der Waals surface area contributed by atoms with Crippen molar-refractivity contribution >= 4 is 17.1 Å². The standard InChI is InChI=1S/C10H12N4O3/c1-5(2)8(15)14-7-6(11-4-12-7)9(16)13(3)10(14)17/h4-5H,1-3H3,(H,11,12). The topological polar surface area (TPSA) is 89.8 Å². The van der Waals surface area contributed by atoms with Crippen molar-refractivity contribution in [1.82, 2.24) is 19.1 Å². The zero-order valence-electron chi connectivity index (χ0n) is 9.72. The van der Waals surface area contributed by atoms with Crippen molar-refractivity contribution in [2.24, 2.45) is 13.0 Å². The summed E-state index contributed by atoms with van der Waals surface area (Å²) >= 11 is 0. The first kappa shape index (κ1) is 11.3. The quantitative estimate of drug-likeness (QED) is 0.737. The summed E-state index contributed by atoms with van der Waals surface area (Å²) in [6.45, 7) is 3.36. The number of carbonyl (C=O) groups excluding carboxylic acids is 1. The molecule has 2 heterocycles. The Morgan fingerprint density at radius 1 is 1.41 bits per heavy atom. The molecule has 0 aliphatic carbocycles. The summed E-state index contributed by atoms with van der Waals surface area (Å²) in [5, 5.41) is 0. The maximum Gasteiger partial charge on any atom is 0.339 e. The molecule has 0 saturated heterocycles. The van der Waals surface area contributed by atoms with E-state index in [4.69, 9.17) is 0 Å². The molecule has 2 aromatic rings. The van der Waals surface area contributed by atoms with Crippen LogP contribution in [-0.4, -0.2) is 25.0 Å². The number of hydrogen-bond donors (Lipinski definition) is 1. The van der Waals surface area contributed by atoms with Crippen molar-refractivity contribution in [3.8, 4) is 0 Å². The molecule has 0 amide bonds. The van der Waals surface area contributed by atoms with Gasteiger partial charge in [-0.05, 0) is 0 Å². The number of fused-ring (bicyclic) bond motifs is 1. The average molecular weight is 236 g/mol. The van der Waals surface area contributed by atoms with Crippen LogP contribution in [0.2, 0.25) is 0 Å². The molecule has 17 heavy (non-hydrogen) atoms. The van der Waals surface area contributed by atoms with Gasteiger partial charge in [0.05, 0.1) is 6.33 Å². The molecule has 0 unspecified atom stereocenters. The minimum absolute atomic E-state index is 0.0804. The number of aromatic nitrogens is 4. The van der Waals surface area contributed by atoms with E-state index in [2.05, 4.69) is 9.97 Å². The molecule has 2 aromatic heterocycles. The third kappa shape index (κ3) is 1.50. The molecular formula is C10H12N4O3. The molecule has 0 aliphatic rings. The van der Waals surface area contributed by atoms with Crippen molar-refractivity contribution in [3.63, 3.8) is 0 Å². The van der Waals surface area contributed by atoms with Crippen LogP contribution in [0.4, 0.5) is 0 Å². The van der Waals surface area contributed by atoms with E-state index < -0.39 is 11.2 Å². The van der Waals surface area contributed by atoms with Crippen molar-refractivity contribution in [3.05, 3.63) is 27.2 Å². The molecule has 7 heteroatoms. The first-order valence-corrected chi connectivity index (χ1v) is 5.14. The van der Waals surface area contributed by atoms with E-state index >= 15 is 0 Å². The highest BCUT2D eigenvalue weighted by molar-refractivity contribution is 5.88. The molecule has 0 aliphatic heterocycles. The molecule has 0 fully saturated rings. The van der Waals surface area contributed by atoms with Crippen LogP contribution < -0.4 is 11.2 Å². The molecule has 90 valence electrons. The third-order valence-electron chi connectivity index (χ3n) is 2.54. The summed E-state index contributed by atoms with van der Waals surface area (Å²) in [6, 6.07) is 0. The van der Waals surface area contributed by atoms with Gasteiger partial charge in [0.1, 0.15) is 5.52 Å². The third-order valence-corrected chi connectivity index (χ3v) is 2.54. The van der Waals surface area contributed by atoms with Gasteiger partial charge in [0.2, 0.25) is 5.91 Å². The van der Waals surface area contributed by atoms with Crippen LogP contribution in [-0.2, 0) is 7.05 Å². The summed E-state index contributed by atoms with van der Waals surface area (Å²) in [5.41, 5.74) is -0.929. The molecular weight excluding hydrogens is 224 g/mol. The van der Waals surface area contributed by atoms with Crippen molar-refractivity contribution in [2.45, 2.75) is 13.8 Å². The second-order valence-electron chi connectivity index (χ2n) is 4.08. The predicted molar refractivity (Wildman–Crippen MR) is 61.1 cm³/mol. The Bertz CT molecular complexity index is 704. The van der Waals surface area contributed by atoms with Crippen LogP contribution in [0.1, 0.15) is 18.6 Å². The monoisotopic (exact) mass is 236 g/mol.